The zero-order valence-corrected chi connectivity index (χ0v) is 11.9. The van der Waals surface area contributed by atoms with Gasteiger partial charge in [0.1, 0.15) is 0 Å². The highest BCUT2D eigenvalue weighted by atomic mass is 32.1. The second-order valence-electron chi connectivity index (χ2n) is 4.59. The van der Waals surface area contributed by atoms with Crippen molar-refractivity contribution >= 4 is 11.3 Å². The number of thiophene rings is 1. The van der Waals surface area contributed by atoms with Crippen LogP contribution in [0.15, 0.2) is 18.2 Å². The molecule has 0 saturated carbocycles. The molecule has 3 N–H and O–H groups in total. The molecule has 2 aromatic rings. The first kappa shape index (κ1) is 14.1. The second-order valence-corrected chi connectivity index (χ2v) is 5.88. The van der Waals surface area contributed by atoms with Crippen LogP contribution in [-0.4, -0.2) is 0 Å². The summed E-state index contributed by atoms with van der Waals surface area (Å²) in [6, 6.07) is 4.54. The van der Waals surface area contributed by atoms with Gasteiger partial charge in [-0.2, -0.15) is 0 Å². The molecule has 1 unspecified atom stereocenters. The van der Waals surface area contributed by atoms with Crippen LogP contribution in [0, 0.1) is 32.4 Å². The number of nitrogens with two attached hydrogens (primary N) is 1. The SMILES string of the molecule is Cc1cc(C(NN)c2ccc(C)c(F)c2F)sc1C. The lowest BCUT2D eigenvalue weighted by Gasteiger charge is -2.16. The van der Waals surface area contributed by atoms with Gasteiger partial charge in [0.15, 0.2) is 11.6 Å². The Labute approximate surface area is 115 Å². The molecule has 2 rings (SSSR count). The minimum Gasteiger partial charge on any atom is -0.271 e. The number of rotatable bonds is 3. The van der Waals surface area contributed by atoms with Crippen LogP contribution >= 0.6 is 11.3 Å². The summed E-state index contributed by atoms with van der Waals surface area (Å²) in [6.45, 7) is 5.50. The minimum absolute atomic E-state index is 0.229. The van der Waals surface area contributed by atoms with Crippen LogP contribution < -0.4 is 11.3 Å². The van der Waals surface area contributed by atoms with Crippen LogP contribution in [0.5, 0.6) is 0 Å². The van der Waals surface area contributed by atoms with Crippen LogP contribution in [-0.2, 0) is 0 Å². The van der Waals surface area contributed by atoms with Crippen LogP contribution in [0.1, 0.15) is 32.5 Å². The summed E-state index contributed by atoms with van der Waals surface area (Å²) in [5.41, 5.74) is 4.20. The first-order valence-electron chi connectivity index (χ1n) is 5.93. The molecule has 1 aromatic carbocycles. The van der Waals surface area contributed by atoms with Crippen LogP contribution in [0.3, 0.4) is 0 Å². The summed E-state index contributed by atoms with van der Waals surface area (Å²) in [5.74, 6) is 3.86. The Morgan fingerprint density at radius 2 is 1.79 bits per heavy atom. The molecule has 0 aliphatic rings. The summed E-state index contributed by atoms with van der Waals surface area (Å²) in [7, 11) is 0. The van der Waals surface area contributed by atoms with Crippen LogP contribution in [0.25, 0.3) is 0 Å². The Balaban J connectivity index is 2.51. The number of halogens is 2. The zero-order chi connectivity index (χ0) is 14.2. The van der Waals surface area contributed by atoms with Gasteiger partial charge in [-0.3, -0.25) is 5.84 Å². The average molecular weight is 282 g/mol. The average Bonchev–Trinajstić information content (AvgIpc) is 2.70. The number of nitrogens with one attached hydrogen (secondary N) is 1. The molecule has 0 fully saturated rings. The molecule has 0 aliphatic heterocycles. The molecule has 0 saturated heterocycles. The van der Waals surface area contributed by atoms with Gasteiger partial charge in [0.25, 0.3) is 0 Å². The molecule has 19 heavy (non-hydrogen) atoms. The van der Waals surface area contributed by atoms with E-state index in [4.69, 9.17) is 5.84 Å². The van der Waals surface area contributed by atoms with E-state index >= 15 is 0 Å². The van der Waals surface area contributed by atoms with Crippen molar-refractivity contribution in [2.24, 2.45) is 5.84 Å². The predicted octanol–water partition coefficient (Wildman–Crippen LogP) is 3.50. The van der Waals surface area contributed by atoms with Gasteiger partial charge in [-0.25, -0.2) is 14.2 Å². The number of hydrogen-bond donors (Lipinski definition) is 2. The second kappa shape index (κ2) is 5.36. The third-order valence-electron chi connectivity index (χ3n) is 3.25. The lowest BCUT2D eigenvalue weighted by molar-refractivity contribution is 0.480. The van der Waals surface area contributed by atoms with E-state index in [1.807, 2.05) is 19.9 Å². The molecule has 1 aromatic heterocycles. The highest BCUT2D eigenvalue weighted by Crippen LogP contribution is 2.32. The smallest absolute Gasteiger partial charge is 0.164 e. The Morgan fingerprint density at radius 1 is 1.11 bits per heavy atom. The summed E-state index contributed by atoms with van der Waals surface area (Å²) in [6.07, 6.45) is 0. The monoisotopic (exact) mass is 282 g/mol. The van der Waals surface area contributed by atoms with Crippen molar-refractivity contribution in [3.8, 4) is 0 Å². The summed E-state index contributed by atoms with van der Waals surface area (Å²) >= 11 is 1.53. The summed E-state index contributed by atoms with van der Waals surface area (Å²) in [5, 5.41) is 0. The van der Waals surface area contributed by atoms with Crippen molar-refractivity contribution in [1.29, 1.82) is 0 Å². The van der Waals surface area contributed by atoms with E-state index in [0.717, 1.165) is 15.3 Å². The summed E-state index contributed by atoms with van der Waals surface area (Å²) in [4.78, 5) is 2.02. The van der Waals surface area contributed by atoms with Gasteiger partial charge in [-0.15, -0.1) is 11.3 Å². The highest BCUT2D eigenvalue weighted by Gasteiger charge is 2.22. The minimum atomic E-state index is -0.841. The largest absolute Gasteiger partial charge is 0.271 e. The van der Waals surface area contributed by atoms with Crippen LogP contribution in [0.2, 0.25) is 0 Å². The normalized spacial score (nSPS) is 12.7. The molecular formula is C14H16F2N2S. The molecule has 0 radical (unpaired) electrons. The Morgan fingerprint density at radius 3 is 2.32 bits per heavy atom. The quantitative estimate of drug-likeness (QED) is 0.668. The number of hydrogen-bond acceptors (Lipinski definition) is 3. The van der Waals surface area contributed by atoms with E-state index in [1.165, 1.54) is 18.3 Å². The van der Waals surface area contributed by atoms with Crippen molar-refractivity contribution in [2.45, 2.75) is 26.8 Å². The van der Waals surface area contributed by atoms with E-state index in [0.29, 0.717) is 0 Å². The van der Waals surface area contributed by atoms with Crippen molar-refractivity contribution in [3.63, 3.8) is 0 Å². The topological polar surface area (TPSA) is 38.0 Å². The molecule has 102 valence electrons. The third kappa shape index (κ3) is 2.54. The highest BCUT2D eigenvalue weighted by molar-refractivity contribution is 7.12. The number of hydrazine groups is 1. The Kier molecular flexibility index (Phi) is 3.99. The maximum atomic E-state index is 14.0. The van der Waals surface area contributed by atoms with Crippen molar-refractivity contribution in [1.82, 2.24) is 5.43 Å². The maximum Gasteiger partial charge on any atom is 0.164 e. The van der Waals surface area contributed by atoms with Gasteiger partial charge in [-0.1, -0.05) is 12.1 Å². The van der Waals surface area contributed by atoms with Gasteiger partial charge in [0, 0.05) is 15.3 Å². The molecule has 0 amide bonds. The van der Waals surface area contributed by atoms with Crippen molar-refractivity contribution in [2.75, 3.05) is 0 Å². The molecule has 0 spiro atoms. The van der Waals surface area contributed by atoms with E-state index in [-0.39, 0.29) is 11.1 Å². The van der Waals surface area contributed by atoms with E-state index in [2.05, 4.69) is 5.43 Å². The third-order valence-corrected chi connectivity index (χ3v) is 4.47. The van der Waals surface area contributed by atoms with E-state index < -0.39 is 17.7 Å². The lowest BCUT2D eigenvalue weighted by atomic mass is 10.0. The van der Waals surface area contributed by atoms with Gasteiger partial charge in [-0.05, 0) is 38.0 Å². The first-order chi connectivity index (χ1) is 8.95. The summed E-state index contributed by atoms with van der Waals surface area (Å²) < 4.78 is 27.7. The van der Waals surface area contributed by atoms with E-state index in [9.17, 15) is 8.78 Å². The molecule has 1 heterocycles. The van der Waals surface area contributed by atoms with Crippen LogP contribution in [0.4, 0.5) is 8.78 Å². The first-order valence-corrected chi connectivity index (χ1v) is 6.75. The number of aryl methyl sites for hydroxylation is 3. The molecular weight excluding hydrogens is 266 g/mol. The fourth-order valence-corrected chi connectivity index (χ4v) is 3.08. The lowest BCUT2D eigenvalue weighted by Crippen LogP contribution is -2.29. The molecule has 0 aliphatic carbocycles. The number of benzene rings is 1. The van der Waals surface area contributed by atoms with Gasteiger partial charge < -0.3 is 0 Å². The van der Waals surface area contributed by atoms with Crippen molar-refractivity contribution < 1.29 is 8.78 Å². The predicted molar refractivity (Wildman–Crippen MR) is 74.1 cm³/mol. The zero-order valence-electron chi connectivity index (χ0n) is 11.1. The Bertz CT molecular complexity index is 588. The Hall–Kier alpha value is -1.30. The molecule has 5 heteroatoms. The fourth-order valence-electron chi connectivity index (χ4n) is 1.95. The van der Waals surface area contributed by atoms with Gasteiger partial charge in [0.05, 0.1) is 6.04 Å². The molecule has 1 atom stereocenters. The van der Waals surface area contributed by atoms with Crippen molar-refractivity contribution in [3.05, 3.63) is 56.3 Å². The molecule has 2 nitrogen and oxygen atoms in total. The fraction of sp³-hybridized carbons (Fsp3) is 0.286. The van der Waals surface area contributed by atoms with Gasteiger partial charge in [0.2, 0.25) is 0 Å². The molecule has 0 bridgehead atoms. The maximum absolute atomic E-state index is 14.0. The van der Waals surface area contributed by atoms with Gasteiger partial charge >= 0.3 is 0 Å². The standard InChI is InChI=1S/C14H16F2N2S/c1-7-4-5-10(13(16)12(7)15)14(18-17)11-6-8(2)9(3)19-11/h4-6,14,18H,17H2,1-3H3. The van der Waals surface area contributed by atoms with E-state index in [1.54, 1.807) is 12.1 Å².